The molecule has 9 heteroatoms. The summed E-state index contributed by atoms with van der Waals surface area (Å²) in [6, 6.07) is 6.36. The highest BCUT2D eigenvalue weighted by molar-refractivity contribution is 5.95. The lowest BCUT2D eigenvalue weighted by molar-refractivity contribution is -0.126. The maximum atomic E-state index is 12.6. The Labute approximate surface area is 187 Å². The molecule has 3 aromatic rings. The molecular weight excluding hydrogens is 406 g/mol. The fraction of sp³-hybridized carbons (Fsp3) is 0.478. The molecule has 9 nitrogen and oxygen atoms in total. The Kier molecular flexibility index (Phi) is 5.52. The predicted octanol–water partition coefficient (Wildman–Crippen LogP) is 2.34. The second kappa shape index (κ2) is 8.48. The zero-order valence-corrected chi connectivity index (χ0v) is 18.5. The number of pyridine rings is 1. The number of aromatic nitrogens is 4. The monoisotopic (exact) mass is 435 g/mol. The number of nitrogens with zero attached hydrogens (tertiary/aromatic N) is 5. The quantitative estimate of drug-likeness (QED) is 0.649. The molecule has 3 aromatic heterocycles. The molecule has 32 heavy (non-hydrogen) atoms. The first kappa shape index (κ1) is 20.8. The molecule has 0 bridgehead atoms. The molecule has 1 atom stereocenters. The number of fused-ring (bicyclic) bond motifs is 1. The van der Waals surface area contributed by atoms with Crippen LogP contribution in [0, 0.1) is 5.41 Å². The molecule has 3 saturated heterocycles. The Balaban J connectivity index is 0.00000105. The molecule has 1 spiro atoms. The van der Waals surface area contributed by atoms with Gasteiger partial charge in [0.25, 0.3) is 0 Å². The highest BCUT2D eigenvalue weighted by Crippen LogP contribution is 2.39. The van der Waals surface area contributed by atoms with Crippen LogP contribution in [0.1, 0.15) is 26.7 Å². The lowest BCUT2D eigenvalue weighted by atomic mass is 9.85. The molecule has 6 rings (SSSR count). The largest absolute Gasteiger partial charge is 0.380 e. The summed E-state index contributed by atoms with van der Waals surface area (Å²) in [5.41, 5.74) is 2.38. The average molecular weight is 436 g/mol. The van der Waals surface area contributed by atoms with Crippen LogP contribution >= 0.6 is 0 Å². The van der Waals surface area contributed by atoms with Crippen molar-refractivity contribution in [2.45, 2.75) is 32.7 Å². The Morgan fingerprint density at radius 1 is 1.22 bits per heavy atom. The third-order valence-electron chi connectivity index (χ3n) is 6.22. The van der Waals surface area contributed by atoms with Crippen LogP contribution in [0.2, 0.25) is 0 Å². The van der Waals surface area contributed by atoms with Crippen molar-refractivity contribution in [2.24, 2.45) is 5.41 Å². The van der Waals surface area contributed by atoms with E-state index in [1.807, 2.05) is 42.6 Å². The topological polar surface area (TPSA) is 96.7 Å². The summed E-state index contributed by atoms with van der Waals surface area (Å²) in [7, 11) is 0. The van der Waals surface area contributed by atoms with Crippen LogP contribution in [0.15, 0.2) is 36.8 Å². The van der Waals surface area contributed by atoms with Gasteiger partial charge in [0, 0.05) is 31.0 Å². The van der Waals surface area contributed by atoms with Crippen molar-refractivity contribution in [3.8, 4) is 11.4 Å². The molecule has 6 heterocycles. The SMILES string of the molecule is CC.O=C1CC2(COC2)CN1c1cn2c(-c3cccc(NC4CCNC4)n3)cnc2cn1. The van der Waals surface area contributed by atoms with Crippen LogP contribution in [0.25, 0.3) is 17.0 Å². The summed E-state index contributed by atoms with van der Waals surface area (Å²) in [6.07, 6.45) is 7.01. The van der Waals surface area contributed by atoms with E-state index in [9.17, 15) is 4.79 Å². The van der Waals surface area contributed by atoms with Gasteiger partial charge >= 0.3 is 0 Å². The standard InChI is InChI=1S/C21H23N7O2.C2H6/c29-20-6-21(12-30-13-21)11-28(20)19-10-27-16(8-23-18(27)9-24-19)15-2-1-3-17(26-15)25-14-4-5-22-7-14;1-2/h1-3,8-10,14,22H,4-7,11-13H2,(H,25,26);1-2H3. The maximum Gasteiger partial charge on any atom is 0.229 e. The van der Waals surface area contributed by atoms with Crippen molar-refractivity contribution >= 4 is 23.2 Å². The lowest BCUT2D eigenvalue weighted by Crippen LogP contribution is -2.44. The summed E-state index contributed by atoms with van der Waals surface area (Å²) in [6.45, 7) is 7.93. The summed E-state index contributed by atoms with van der Waals surface area (Å²) in [5.74, 6) is 1.59. The van der Waals surface area contributed by atoms with Crippen LogP contribution in [0.4, 0.5) is 11.6 Å². The Morgan fingerprint density at radius 2 is 2.09 bits per heavy atom. The molecular formula is C23H29N7O2. The van der Waals surface area contributed by atoms with Gasteiger partial charge < -0.3 is 15.4 Å². The van der Waals surface area contributed by atoms with Gasteiger partial charge in [-0.25, -0.2) is 15.0 Å². The highest BCUT2D eigenvalue weighted by atomic mass is 16.5. The minimum absolute atomic E-state index is 0.0395. The van der Waals surface area contributed by atoms with Crippen molar-refractivity contribution in [1.29, 1.82) is 0 Å². The molecule has 1 amide bonds. The summed E-state index contributed by atoms with van der Waals surface area (Å²) in [5, 5.41) is 6.85. The van der Waals surface area contributed by atoms with Gasteiger partial charge in [-0.2, -0.15) is 0 Å². The Hall–Kier alpha value is -3.04. The second-order valence-corrected chi connectivity index (χ2v) is 8.51. The molecule has 1 unspecified atom stereocenters. The summed E-state index contributed by atoms with van der Waals surface area (Å²) < 4.78 is 7.31. The minimum atomic E-state index is -0.0395. The number of rotatable bonds is 4. The van der Waals surface area contributed by atoms with Crippen LogP contribution < -0.4 is 15.5 Å². The average Bonchev–Trinajstić information content (AvgIpc) is 3.53. The fourth-order valence-corrected chi connectivity index (χ4v) is 4.54. The first-order chi connectivity index (χ1) is 15.7. The van der Waals surface area contributed by atoms with Gasteiger partial charge in [0.2, 0.25) is 5.91 Å². The number of carbonyl (C=O) groups is 1. The van der Waals surface area contributed by atoms with Crippen LogP contribution in [0.5, 0.6) is 0 Å². The first-order valence-electron chi connectivity index (χ1n) is 11.4. The van der Waals surface area contributed by atoms with E-state index in [1.54, 1.807) is 17.3 Å². The molecule has 0 saturated carbocycles. The number of imidazole rings is 1. The van der Waals surface area contributed by atoms with E-state index in [2.05, 4.69) is 20.6 Å². The highest BCUT2D eigenvalue weighted by Gasteiger charge is 2.49. The molecule has 168 valence electrons. The van der Waals surface area contributed by atoms with Crippen molar-refractivity contribution in [3.05, 3.63) is 36.8 Å². The number of nitrogens with one attached hydrogen (secondary N) is 2. The molecule has 0 aromatic carbocycles. The van der Waals surface area contributed by atoms with Gasteiger partial charge in [-0.3, -0.25) is 14.1 Å². The number of anilines is 2. The van der Waals surface area contributed by atoms with Gasteiger partial charge in [-0.1, -0.05) is 19.9 Å². The number of carbonyl (C=O) groups excluding carboxylic acids is 1. The zero-order valence-electron chi connectivity index (χ0n) is 18.5. The molecule has 3 aliphatic rings. The third-order valence-corrected chi connectivity index (χ3v) is 6.22. The molecule has 0 radical (unpaired) electrons. The smallest absolute Gasteiger partial charge is 0.229 e. The van der Waals surface area contributed by atoms with Gasteiger partial charge in [0.15, 0.2) is 11.5 Å². The van der Waals surface area contributed by atoms with E-state index in [1.165, 1.54) is 0 Å². The van der Waals surface area contributed by atoms with Crippen molar-refractivity contribution in [1.82, 2.24) is 24.7 Å². The van der Waals surface area contributed by atoms with Crippen LogP contribution in [0.3, 0.4) is 0 Å². The van der Waals surface area contributed by atoms with E-state index in [0.29, 0.717) is 38.0 Å². The van der Waals surface area contributed by atoms with Gasteiger partial charge in [-0.05, 0) is 25.1 Å². The fourth-order valence-electron chi connectivity index (χ4n) is 4.54. The molecule has 3 fully saturated rings. The van der Waals surface area contributed by atoms with E-state index in [4.69, 9.17) is 9.72 Å². The minimum Gasteiger partial charge on any atom is -0.380 e. The van der Waals surface area contributed by atoms with E-state index >= 15 is 0 Å². The van der Waals surface area contributed by atoms with E-state index in [-0.39, 0.29) is 11.3 Å². The molecule has 3 aliphatic heterocycles. The lowest BCUT2D eigenvalue weighted by Gasteiger charge is -2.36. The summed E-state index contributed by atoms with van der Waals surface area (Å²) >= 11 is 0. The van der Waals surface area contributed by atoms with E-state index < -0.39 is 0 Å². The Morgan fingerprint density at radius 3 is 2.81 bits per heavy atom. The van der Waals surface area contributed by atoms with Crippen molar-refractivity contribution < 1.29 is 9.53 Å². The van der Waals surface area contributed by atoms with Crippen molar-refractivity contribution in [2.75, 3.05) is 43.1 Å². The maximum absolute atomic E-state index is 12.6. The first-order valence-corrected chi connectivity index (χ1v) is 11.4. The molecule has 2 N–H and O–H groups in total. The predicted molar refractivity (Wildman–Crippen MR) is 123 cm³/mol. The Bertz CT molecular complexity index is 1120. The van der Waals surface area contributed by atoms with Gasteiger partial charge in [0.05, 0.1) is 43.2 Å². The number of amides is 1. The summed E-state index contributed by atoms with van der Waals surface area (Å²) in [4.78, 5) is 28.1. The second-order valence-electron chi connectivity index (χ2n) is 8.51. The number of hydrogen-bond acceptors (Lipinski definition) is 7. The number of hydrogen-bond donors (Lipinski definition) is 2. The third kappa shape index (κ3) is 3.71. The van der Waals surface area contributed by atoms with Crippen LogP contribution in [-0.4, -0.2) is 64.1 Å². The van der Waals surface area contributed by atoms with Gasteiger partial charge in [0.1, 0.15) is 5.82 Å². The van der Waals surface area contributed by atoms with Gasteiger partial charge in [-0.15, -0.1) is 0 Å². The number of ether oxygens (including phenoxy) is 1. The van der Waals surface area contributed by atoms with E-state index in [0.717, 1.165) is 42.4 Å². The van der Waals surface area contributed by atoms with Crippen molar-refractivity contribution in [3.63, 3.8) is 0 Å². The zero-order chi connectivity index (χ0) is 22.1. The molecule has 0 aliphatic carbocycles. The normalized spacial score (nSPS) is 21.5. The van der Waals surface area contributed by atoms with Crippen LogP contribution in [-0.2, 0) is 9.53 Å².